The molecule has 3 nitrogen and oxygen atoms in total. The van der Waals surface area contributed by atoms with Crippen LogP contribution in [0.5, 0.6) is 0 Å². The first-order chi connectivity index (χ1) is 13.2. The van der Waals surface area contributed by atoms with E-state index in [1.165, 1.54) is 6.07 Å². The highest BCUT2D eigenvalue weighted by Gasteiger charge is 2.18. The Balaban J connectivity index is 1.92. The second-order valence-electron chi connectivity index (χ2n) is 6.26. The highest BCUT2D eigenvalue weighted by molar-refractivity contribution is 6.30. The van der Waals surface area contributed by atoms with Gasteiger partial charge in [0, 0.05) is 27.6 Å². The maximum absolute atomic E-state index is 14.3. The Morgan fingerprint density at radius 2 is 1.59 bits per heavy atom. The molecule has 2 aromatic heterocycles. The topological polar surface area (TPSA) is 30.7 Å². The van der Waals surface area contributed by atoms with Gasteiger partial charge in [-0.1, -0.05) is 54.1 Å². The molecular formula is C22H13ClFN3. The van der Waals surface area contributed by atoms with Crippen molar-refractivity contribution < 1.29 is 4.39 Å². The molecular weight excluding hydrogens is 361 g/mol. The van der Waals surface area contributed by atoms with Crippen LogP contribution in [0.1, 0.15) is 0 Å². The van der Waals surface area contributed by atoms with Crippen molar-refractivity contribution in [2.24, 2.45) is 0 Å². The minimum absolute atomic E-state index is 0.333. The lowest BCUT2D eigenvalue weighted by atomic mass is 10.1. The van der Waals surface area contributed by atoms with Crippen LogP contribution in [0.4, 0.5) is 4.39 Å². The summed E-state index contributed by atoms with van der Waals surface area (Å²) in [6.07, 6.45) is 1.70. The fourth-order valence-electron chi connectivity index (χ4n) is 3.36. The van der Waals surface area contributed by atoms with E-state index in [0.29, 0.717) is 10.5 Å². The molecule has 5 heteroatoms. The molecule has 0 fully saturated rings. The third-order valence-electron chi connectivity index (χ3n) is 4.61. The zero-order chi connectivity index (χ0) is 18.4. The number of para-hydroxylation sites is 1. The van der Waals surface area contributed by atoms with Crippen LogP contribution in [0.15, 0.2) is 79.0 Å². The predicted octanol–water partition coefficient (Wildman–Crippen LogP) is 6.03. The first-order valence-electron chi connectivity index (χ1n) is 8.50. The molecule has 0 saturated carbocycles. The minimum Gasteiger partial charge on any atom is -0.252 e. The van der Waals surface area contributed by atoms with Crippen LogP contribution >= 0.6 is 11.6 Å². The quantitative estimate of drug-likeness (QED) is 0.378. The van der Waals surface area contributed by atoms with E-state index in [1.54, 1.807) is 12.3 Å². The lowest BCUT2D eigenvalue weighted by Crippen LogP contribution is -1.97. The van der Waals surface area contributed by atoms with Gasteiger partial charge in [0.1, 0.15) is 17.0 Å². The summed E-state index contributed by atoms with van der Waals surface area (Å²) < 4.78 is 16.2. The first-order valence-corrected chi connectivity index (χ1v) is 8.87. The Morgan fingerprint density at radius 1 is 0.815 bits per heavy atom. The van der Waals surface area contributed by atoms with Crippen molar-refractivity contribution in [3.05, 3.63) is 89.8 Å². The number of halogens is 2. The predicted molar refractivity (Wildman–Crippen MR) is 107 cm³/mol. The third-order valence-corrected chi connectivity index (χ3v) is 4.86. The summed E-state index contributed by atoms with van der Waals surface area (Å²) in [5.74, 6) is -0.348. The van der Waals surface area contributed by atoms with Crippen molar-refractivity contribution in [1.29, 1.82) is 0 Å². The SMILES string of the molecule is Fc1cccc2c1ncc1c(-c3ccccc3)nn(-c3ccc(Cl)cc3)c12. The van der Waals surface area contributed by atoms with Gasteiger partial charge in [-0.3, -0.25) is 4.98 Å². The molecule has 5 aromatic rings. The lowest BCUT2D eigenvalue weighted by molar-refractivity contribution is 0.637. The maximum atomic E-state index is 14.3. The Hall–Kier alpha value is -3.24. The Morgan fingerprint density at radius 3 is 2.37 bits per heavy atom. The van der Waals surface area contributed by atoms with Crippen molar-refractivity contribution >= 4 is 33.4 Å². The van der Waals surface area contributed by atoms with E-state index in [4.69, 9.17) is 16.7 Å². The van der Waals surface area contributed by atoms with Crippen LogP contribution in [0.25, 0.3) is 38.8 Å². The number of pyridine rings is 1. The van der Waals surface area contributed by atoms with Crippen LogP contribution in [-0.2, 0) is 0 Å². The van der Waals surface area contributed by atoms with Gasteiger partial charge in [0.2, 0.25) is 0 Å². The van der Waals surface area contributed by atoms with Gasteiger partial charge in [0.05, 0.1) is 11.2 Å². The summed E-state index contributed by atoms with van der Waals surface area (Å²) in [5, 5.41) is 7.09. The van der Waals surface area contributed by atoms with Gasteiger partial charge < -0.3 is 0 Å². The third kappa shape index (κ3) is 2.57. The van der Waals surface area contributed by atoms with Crippen molar-refractivity contribution in [2.45, 2.75) is 0 Å². The maximum Gasteiger partial charge on any atom is 0.149 e. The van der Waals surface area contributed by atoms with E-state index in [9.17, 15) is 4.39 Å². The van der Waals surface area contributed by atoms with Crippen LogP contribution in [0.2, 0.25) is 5.02 Å². The summed E-state index contributed by atoms with van der Waals surface area (Å²) in [6, 6.07) is 22.3. The van der Waals surface area contributed by atoms with Gasteiger partial charge in [-0.25, -0.2) is 9.07 Å². The van der Waals surface area contributed by atoms with E-state index in [-0.39, 0.29) is 5.82 Å². The van der Waals surface area contributed by atoms with Gasteiger partial charge in [-0.2, -0.15) is 5.10 Å². The Bertz CT molecular complexity index is 1280. The van der Waals surface area contributed by atoms with Crippen molar-refractivity contribution in [3.8, 4) is 16.9 Å². The first kappa shape index (κ1) is 16.0. The van der Waals surface area contributed by atoms with Gasteiger partial charge in [-0.05, 0) is 30.3 Å². The molecule has 2 heterocycles. The number of rotatable bonds is 2. The smallest absolute Gasteiger partial charge is 0.149 e. The van der Waals surface area contributed by atoms with E-state index >= 15 is 0 Å². The van der Waals surface area contributed by atoms with E-state index in [0.717, 1.165) is 33.2 Å². The molecule has 0 aliphatic rings. The average molecular weight is 374 g/mol. The van der Waals surface area contributed by atoms with Gasteiger partial charge in [0.15, 0.2) is 0 Å². The number of hydrogen-bond donors (Lipinski definition) is 0. The molecule has 130 valence electrons. The second-order valence-corrected chi connectivity index (χ2v) is 6.70. The normalized spacial score (nSPS) is 11.3. The summed E-state index contributed by atoms with van der Waals surface area (Å²) in [6.45, 7) is 0. The van der Waals surface area contributed by atoms with Crippen LogP contribution in [0, 0.1) is 5.82 Å². The standard InChI is InChI=1S/C22H13ClFN3/c23-15-9-11-16(12-10-15)27-22-17-7-4-8-19(24)21(17)25-13-18(22)20(26-27)14-5-2-1-3-6-14/h1-13H. The second kappa shape index (κ2) is 6.18. The summed E-state index contributed by atoms with van der Waals surface area (Å²) in [7, 11) is 0. The molecule has 0 atom stereocenters. The van der Waals surface area contributed by atoms with Crippen molar-refractivity contribution in [2.75, 3.05) is 0 Å². The summed E-state index contributed by atoms with van der Waals surface area (Å²) in [4.78, 5) is 4.37. The van der Waals surface area contributed by atoms with Gasteiger partial charge >= 0.3 is 0 Å². The molecule has 0 amide bonds. The fourth-order valence-corrected chi connectivity index (χ4v) is 3.48. The van der Waals surface area contributed by atoms with Gasteiger partial charge in [0.25, 0.3) is 0 Å². The number of benzene rings is 3. The number of aromatic nitrogens is 3. The molecule has 0 spiro atoms. The Kier molecular flexibility index (Phi) is 3.66. The molecule has 27 heavy (non-hydrogen) atoms. The molecule has 0 aliphatic heterocycles. The molecule has 0 radical (unpaired) electrons. The zero-order valence-corrected chi connectivity index (χ0v) is 14.9. The molecule has 0 N–H and O–H groups in total. The molecule has 3 aromatic carbocycles. The van der Waals surface area contributed by atoms with Crippen LogP contribution in [-0.4, -0.2) is 14.8 Å². The number of hydrogen-bond acceptors (Lipinski definition) is 2. The average Bonchev–Trinajstić information content (AvgIpc) is 3.10. The summed E-state index contributed by atoms with van der Waals surface area (Å²) in [5.41, 5.74) is 3.79. The monoisotopic (exact) mass is 373 g/mol. The van der Waals surface area contributed by atoms with E-state index in [2.05, 4.69) is 4.98 Å². The highest BCUT2D eigenvalue weighted by atomic mass is 35.5. The van der Waals surface area contributed by atoms with Crippen LogP contribution < -0.4 is 0 Å². The Labute approximate surface area is 159 Å². The van der Waals surface area contributed by atoms with Gasteiger partial charge in [-0.15, -0.1) is 0 Å². The zero-order valence-electron chi connectivity index (χ0n) is 14.1. The molecule has 5 rings (SSSR count). The highest BCUT2D eigenvalue weighted by Crippen LogP contribution is 2.34. The fraction of sp³-hybridized carbons (Fsp3) is 0. The van der Waals surface area contributed by atoms with Crippen molar-refractivity contribution in [3.63, 3.8) is 0 Å². The lowest BCUT2D eigenvalue weighted by Gasteiger charge is -2.06. The van der Waals surface area contributed by atoms with E-state index in [1.807, 2.05) is 65.3 Å². The molecule has 0 unspecified atom stereocenters. The number of fused-ring (bicyclic) bond motifs is 3. The van der Waals surface area contributed by atoms with E-state index < -0.39 is 0 Å². The molecule has 0 saturated heterocycles. The minimum atomic E-state index is -0.348. The molecule has 0 aliphatic carbocycles. The van der Waals surface area contributed by atoms with Crippen LogP contribution in [0.3, 0.4) is 0 Å². The van der Waals surface area contributed by atoms with Crippen molar-refractivity contribution in [1.82, 2.24) is 14.8 Å². The number of nitrogens with zero attached hydrogens (tertiary/aromatic N) is 3. The largest absolute Gasteiger partial charge is 0.252 e. The summed E-state index contributed by atoms with van der Waals surface area (Å²) >= 11 is 6.05. The molecule has 0 bridgehead atoms.